The van der Waals surface area contributed by atoms with E-state index in [9.17, 15) is 4.79 Å². The van der Waals surface area contributed by atoms with Crippen molar-refractivity contribution in [3.05, 3.63) is 12.3 Å². The van der Waals surface area contributed by atoms with E-state index >= 15 is 0 Å². The van der Waals surface area contributed by atoms with E-state index in [1.54, 1.807) is 19.3 Å². The van der Waals surface area contributed by atoms with Gasteiger partial charge in [0.05, 0.1) is 0 Å². The quantitative estimate of drug-likeness (QED) is 0.721. The lowest BCUT2D eigenvalue weighted by Gasteiger charge is -2.23. The molecule has 1 aliphatic rings. The fraction of sp³-hybridized carbons (Fsp3) is 0.500. The van der Waals surface area contributed by atoms with Crippen molar-refractivity contribution < 1.29 is 4.79 Å². The molecule has 16 heavy (non-hydrogen) atoms. The molecule has 0 spiro atoms. The molecule has 1 atom stereocenters. The van der Waals surface area contributed by atoms with Gasteiger partial charge in [0.25, 0.3) is 0 Å². The van der Waals surface area contributed by atoms with Crippen molar-refractivity contribution in [2.45, 2.75) is 18.9 Å². The van der Waals surface area contributed by atoms with Crippen LogP contribution in [-0.2, 0) is 4.79 Å². The second kappa shape index (κ2) is 4.34. The third-order valence-corrected chi connectivity index (χ3v) is 2.72. The van der Waals surface area contributed by atoms with Gasteiger partial charge in [-0.25, -0.2) is 4.98 Å². The topological polar surface area (TPSA) is 84.1 Å². The summed E-state index contributed by atoms with van der Waals surface area (Å²) in [7, 11) is 1.64. The molecular weight excluding hydrogens is 206 g/mol. The number of nitrogens with two attached hydrogens (primary N) is 1. The van der Waals surface area contributed by atoms with Gasteiger partial charge in [-0.2, -0.15) is 4.98 Å². The third-order valence-electron chi connectivity index (χ3n) is 2.72. The molecule has 0 radical (unpaired) electrons. The maximum absolute atomic E-state index is 11.6. The lowest BCUT2D eigenvalue weighted by Crippen LogP contribution is -2.42. The molecule has 1 amide bonds. The highest BCUT2D eigenvalue weighted by molar-refractivity contribution is 5.85. The van der Waals surface area contributed by atoms with Crippen LogP contribution in [0.25, 0.3) is 0 Å². The van der Waals surface area contributed by atoms with Crippen molar-refractivity contribution in [3.8, 4) is 0 Å². The van der Waals surface area contributed by atoms with Gasteiger partial charge in [-0.05, 0) is 18.9 Å². The van der Waals surface area contributed by atoms with Crippen molar-refractivity contribution in [3.63, 3.8) is 0 Å². The van der Waals surface area contributed by atoms with E-state index in [1.807, 2.05) is 4.90 Å². The van der Waals surface area contributed by atoms with Crippen LogP contribution in [0.1, 0.15) is 12.8 Å². The van der Waals surface area contributed by atoms with Gasteiger partial charge >= 0.3 is 0 Å². The Bertz CT molecular complexity index is 395. The normalized spacial score (nSPS) is 19.8. The molecule has 1 unspecified atom stereocenters. The molecule has 2 rings (SSSR count). The van der Waals surface area contributed by atoms with Crippen LogP contribution in [0.3, 0.4) is 0 Å². The Morgan fingerprint density at radius 1 is 1.69 bits per heavy atom. The number of hydrogen-bond acceptors (Lipinski definition) is 5. The van der Waals surface area contributed by atoms with Crippen LogP contribution < -0.4 is 16.0 Å². The van der Waals surface area contributed by atoms with Crippen LogP contribution in [-0.4, -0.2) is 35.5 Å². The predicted molar refractivity (Wildman–Crippen MR) is 60.9 cm³/mol. The van der Waals surface area contributed by atoms with Gasteiger partial charge in [-0.1, -0.05) is 0 Å². The number of nitrogens with one attached hydrogen (secondary N) is 1. The Balaban J connectivity index is 2.23. The van der Waals surface area contributed by atoms with Gasteiger partial charge < -0.3 is 16.0 Å². The summed E-state index contributed by atoms with van der Waals surface area (Å²) in [5.41, 5.74) is 5.60. The maximum Gasteiger partial charge on any atom is 0.242 e. The molecule has 1 aliphatic heterocycles. The van der Waals surface area contributed by atoms with E-state index in [4.69, 9.17) is 5.73 Å². The Labute approximate surface area is 93.9 Å². The number of anilines is 2. The summed E-state index contributed by atoms with van der Waals surface area (Å²) in [6, 6.07) is 1.46. The van der Waals surface area contributed by atoms with Gasteiger partial charge in [-0.15, -0.1) is 0 Å². The van der Waals surface area contributed by atoms with Gasteiger partial charge in [0.2, 0.25) is 11.9 Å². The van der Waals surface area contributed by atoms with Crippen molar-refractivity contribution in [1.29, 1.82) is 0 Å². The summed E-state index contributed by atoms with van der Waals surface area (Å²) in [6.45, 7) is 0.793. The lowest BCUT2D eigenvalue weighted by molar-refractivity contribution is -0.121. The zero-order chi connectivity index (χ0) is 11.5. The SMILES string of the molecule is CNC(=O)C1CCCN1c1nccc(N)n1. The first-order chi connectivity index (χ1) is 7.72. The fourth-order valence-corrected chi connectivity index (χ4v) is 1.95. The Hall–Kier alpha value is -1.85. The molecule has 6 nitrogen and oxygen atoms in total. The average Bonchev–Trinajstić information content (AvgIpc) is 2.77. The average molecular weight is 221 g/mol. The highest BCUT2D eigenvalue weighted by Crippen LogP contribution is 2.22. The molecule has 0 aliphatic carbocycles. The number of carbonyl (C=O) groups excluding carboxylic acids is 1. The van der Waals surface area contributed by atoms with Crippen LogP contribution in [0.15, 0.2) is 12.3 Å². The summed E-state index contributed by atoms with van der Waals surface area (Å²) >= 11 is 0. The van der Waals surface area contributed by atoms with Crippen molar-refractivity contribution >= 4 is 17.7 Å². The molecule has 1 fully saturated rings. The number of hydrogen-bond donors (Lipinski definition) is 2. The third kappa shape index (κ3) is 1.91. The minimum absolute atomic E-state index is 0.00326. The van der Waals surface area contributed by atoms with E-state index < -0.39 is 0 Å². The smallest absolute Gasteiger partial charge is 0.242 e. The molecule has 6 heteroatoms. The van der Waals surface area contributed by atoms with Crippen LogP contribution in [0, 0.1) is 0 Å². The summed E-state index contributed by atoms with van der Waals surface area (Å²) in [5.74, 6) is 0.960. The molecule has 1 saturated heterocycles. The van der Waals surface area contributed by atoms with Crippen molar-refractivity contribution in [2.75, 3.05) is 24.2 Å². The van der Waals surface area contributed by atoms with Crippen molar-refractivity contribution in [1.82, 2.24) is 15.3 Å². The number of nitrogen functional groups attached to an aromatic ring is 1. The van der Waals surface area contributed by atoms with Crippen molar-refractivity contribution in [2.24, 2.45) is 0 Å². The minimum atomic E-state index is -0.174. The zero-order valence-corrected chi connectivity index (χ0v) is 9.18. The van der Waals surface area contributed by atoms with Gasteiger partial charge in [0.1, 0.15) is 11.9 Å². The largest absolute Gasteiger partial charge is 0.384 e. The molecule has 86 valence electrons. The summed E-state index contributed by atoms with van der Waals surface area (Å²) in [6.07, 6.45) is 3.41. The highest BCUT2D eigenvalue weighted by Gasteiger charge is 2.31. The number of amides is 1. The standard InChI is InChI=1S/C10H15N5O/c1-12-9(16)7-3-2-6-15(7)10-13-5-4-8(11)14-10/h4-5,7H,2-3,6H2,1H3,(H,12,16)(H2,11,13,14). The number of likely N-dealkylation sites (N-methyl/N-ethyl adjacent to an activating group) is 1. The molecule has 2 heterocycles. The monoisotopic (exact) mass is 221 g/mol. The van der Waals surface area contributed by atoms with Gasteiger partial charge in [-0.3, -0.25) is 4.79 Å². The number of nitrogens with zero attached hydrogens (tertiary/aromatic N) is 3. The summed E-state index contributed by atoms with van der Waals surface area (Å²) < 4.78 is 0. The number of carbonyl (C=O) groups is 1. The van der Waals surface area contributed by atoms with Crippen LogP contribution in [0.2, 0.25) is 0 Å². The molecule has 1 aromatic heterocycles. The molecule has 3 N–H and O–H groups in total. The van der Waals surface area contributed by atoms with E-state index in [2.05, 4.69) is 15.3 Å². The second-order valence-electron chi connectivity index (χ2n) is 3.75. The second-order valence-corrected chi connectivity index (χ2v) is 3.75. The lowest BCUT2D eigenvalue weighted by atomic mass is 10.2. The molecule has 0 saturated carbocycles. The van der Waals surface area contributed by atoms with E-state index in [1.165, 1.54) is 0 Å². The summed E-state index contributed by atoms with van der Waals surface area (Å²) in [4.78, 5) is 21.8. The number of rotatable bonds is 2. The van der Waals surface area contributed by atoms with Crippen LogP contribution >= 0.6 is 0 Å². The Kier molecular flexibility index (Phi) is 2.89. The fourth-order valence-electron chi connectivity index (χ4n) is 1.95. The Morgan fingerprint density at radius 3 is 3.19 bits per heavy atom. The van der Waals surface area contributed by atoms with Crippen LogP contribution in [0.5, 0.6) is 0 Å². The highest BCUT2D eigenvalue weighted by atomic mass is 16.2. The molecular formula is C10H15N5O. The first-order valence-corrected chi connectivity index (χ1v) is 5.29. The van der Waals surface area contributed by atoms with E-state index in [-0.39, 0.29) is 11.9 Å². The van der Waals surface area contributed by atoms with E-state index in [0.717, 1.165) is 19.4 Å². The minimum Gasteiger partial charge on any atom is -0.384 e. The first kappa shape index (κ1) is 10.7. The number of aromatic nitrogens is 2. The molecule has 1 aromatic rings. The Morgan fingerprint density at radius 2 is 2.50 bits per heavy atom. The van der Waals surface area contributed by atoms with Crippen LogP contribution in [0.4, 0.5) is 11.8 Å². The maximum atomic E-state index is 11.6. The van der Waals surface area contributed by atoms with Gasteiger partial charge in [0.15, 0.2) is 0 Å². The molecule has 0 aromatic carbocycles. The van der Waals surface area contributed by atoms with Gasteiger partial charge in [0, 0.05) is 19.8 Å². The van der Waals surface area contributed by atoms with E-state index in [0.29, 0.717) is 11.8 Å². The summed E-state index contributed by atoms with van der Waals surface area (Å²) in [5, 5.41) is 2.65. The predicted octanol–water partition coefficient (Wildman–Crippen LogP) is -0.226. The zero-order valence-electron chi connectivity index (χ0n) is 9.18. The molecule has 0 bridgehead atoms. The first-order valence-electron chi connectivity index (χ1n) is 5.29.